The lowest BCUT2D eigenvalue weighted by Crippen LogP contribution is -2.46. The third-order valence-corrected chi connectivity index (χ3v) is 5.00. The highest BCUT2D eigenvalue weighted by Crippen LogP contribution is 2.45. The van der Waals surface area contributed by atoms with Crippen LogP contribution < -0.4 is 10.5 Å². The second kappa shape index (κ2) is 5.54. The molecule has 1 fully saturated rings. The number of hydrogen-bond donors (Lipinski definition) is 1. The summed E-state index contributed by atoms with van der Waals surface area (Å²) in [5.74, 6) is 1.57. The summed E-state index contributed by atoms with van der Waals surface area (Å²) in [5.41, 5.74) is 10.4. The van der Waals surface area contributed by atoms with Crippen LogP contribution in [0.2, 0.25) is 0 Å². The number of methoxy groups -OCH3 is 1. The Labute approximate surface area is 117 Å². The molecule has 1 aliphatic carbocycles. The van der Waals surface area contributed by atoms with Gasteiger partial charge in [0.25, 0.3) is 0 Å². The molecular formula is C17H27NO. The van der Waals surface area contributed by atoms with E-state index in [0.29, 0.717) is 5.92 Å². The van der Waals surface area contributed by atoms with Gasteiger partial charge in [0.1, 0.15) is 5.75 Å². The number of aryl methyl sites for hydroxylation is 1. The monoisotopic (exact) mass is 261 g/mol. The molecule has 0 amide bonds. The van der Waals surface area contributed by atoms with Crippen LogP contribution in [-0.2, 0) is 5.54 Å². The van der Waals surface area contributed by atoms with Crippen LogP contribution in [0.4, 0.5) is 0 Å². The van der Waals surface area contributed by atoms with E-state index in [2.05, 4.69) is 32.9 Å². The summed E-state index contributed by atoms with van der Waals surface area (Å²) in [5, 5.41) is 0. The summed E-state index contributed by atoms with van der Waals surface area (Å²) in [6, 6.07) is 4.37. The molecule has 1 aromatic rings. The maximum atomic E-state index is 6.85. The van der Waals surface area contributed by atoms with E-state index in [0.717, 1.165) is 18.6 Å². The number of ether oxygens (including phenoxy) is 1. The topological polar surface area (TPSA) is 35.2 Å². The lowest BCUT2D eigenvalue weighted by molar-refractivity contribution is 0.179. The first-order valence-electron chi connectivity index (χ1n) is 7.48. The summed E-state index contributed by atoms with van der Waals surface area (Å²) in [6.07, 6.45) is 5.99. The van der Waals surface area contributed by atoms with Crippen molar-refractivity contribution in [1.29, 1.82) is 0 Å². The van der Waals surface area contributed by atoms with Gasteiger partial charge in [0, 0.05) is 11.1 Å². The van der Waals surface area contributed by atoms with E-state index in [1.165, 1.54) is 36.0 Å². The van der Waals surface area contributed by atoms with Gasteiger partial charge in [-0.15, -0.1) is 0 Å². The summed E-state index contributed by atoms with van der Waals surface area (Å²) in [4.78, 5) is 0. The van der Waals surface area contributed by atoms with Gasteiger partial charge >= 0.3 is 0 Å². The van der Waals surface area contributed by atoms with Crippen molar-refractivity contribution >= 4 is 0 Å². The fourth-order valence-corrected chi connectivity index (χ4v) is 3.61. The van der Waals surface area contributed by atoms with Crippen molar-refractivity contribution in [2.45, 2.75) is 58.4 Å². The smallest absolute Gasteiger partial charge is 0.127 e. The maximum Gasteiger partial charge on any atom is 0.127 e. The maximum absolute atomic E-state index is 6.85. The van der Waals surface area contributed by atoms with Gasteiger partial charge in [-0.25, -0.2) is 0 Å². The quantitative estimate of drug-likeness (QED) is 0.890. The molecule has 2 unspecified atom stereocenters. The Morgan fingerprint density at radius 2 is 2.05 bits per heavy atom. The van der Waals surface area contributed by atoms with Crippen molar-refractivity contribution in [2.75, 3.05) is 7.11 Å². The Kier molecular flexibility index (Phi) is 4.19. The van der Waals surface area contributed by atoms with Gasteiger partial charge in [0.05, 0.1) is 7.11 Å². The minimum atomic E-state index is -0.212. The van der Waals surface area contributed by atoms with E-state index in [1.54, 1.807) is 7.11 Å². The first kappa shape index (κ1) is 14.4. The highest BCUT2D eigenvalue weighted by Gasteiger charge is 2.39. The predicted molar refractivity (Wildman–Crippen MR) is 80.6 cm³/mol. The van der Waals surface area contributed by atoms with Gasteiger partial charge in [0.15, 0.2) is 0 Å². The molecule has 2 heteroatoms. The molecule has 1 aromatic carbocycles. The Morgan fingerprint density at radius 1 is 1.32 bits per heavy atom. The summed E-state index contributed by atoms with van der Waals surface area (Å²) < 4.78 is 5.69. The molecule has 0 aromatic heterocycles. The van der Waals surface area contributed by atoms with Crippen molar-refractivity contribution in [3.05, 3.63) is 28.8 Å². The van der Waals surface area contributed by atoms with Gasteiger partial charge in [-0.05, 0) is 43.7 Å². The lowest BCUT2D eigenvalue weighted by Gasteiger charge is -2.42. The van der Waals surface area contributed by atoms with Crippen molar-refractivity contribution in [3.8, 4) is 5.75 Å². The van der Waals surface area contributed by atoms with E-state index in [1.807, 2.05) is 0 Å². The van der Waals surface area contributed by atoms with E-state index in [4.69, 9.17) is 10.5 Å². The predicted octanol–water partition coefficient (Wildman–Crippen LogP) is 4.07. The van der Waals surface area contributed by atoms with Crippen LogP contribution >= 0.6 is 0 Å². The fraction of sp³-hybridized carbons (Fsp3) is 0.647. The average Bonchev–Trinajstić information content (AvgIpc) is 2.42. The average molecular weight is 261 g/mol. The van der Waals surface area contributed by atoms with Gasteiger partial charge in [-0.1, -0.05) is 38.3 Å². The number of benzene rings is 1. The Morgan fingerprint density at radius 3 is 2.68 bits per heavy atom. The molecule has 0 spiro atoms. The highest BCUT2D eigenvalue weighted by molar-refractivity contribution is 5.49. The van der Waals surface area contributed by atoms with Crippen LogP contribution in [0.1, 0.15) is 55.7 Å². The highest BCUT2D eigenvalue weighted by atomic mass is 16.5. The van der Waals surface area contributed by atoms with Crippen LogP contribution in [0.5, 0.6) is 5.75 Å². The molecule has 0 saturated heterocycles. The van der Waals surface area contributed by atoms with Crippen LogP contribution in [0.15, 0.2) is 12.1 Å². The second-order valence-electron chi connectivity index (χ2n) is 5.98. The van der Waals surface area contributed by atoms with Crippen LogP contribution in [0.3, 0.4) is 0 Å². The molecule has 1 aliphatic rings. The van der Waals surface area contributed by atoms with E-state index >= 15 is 0 Å². The molecular weight excluding hydrogens is 234 g/mol. The van der Waals surface area contributed by atoms with Gasteiger partial charge < -0.3 is 10.5 Å². The van der Waals surface area contributed by atoms with E-state index < -0.39 is 0 Å². The minimum Gasteiger partial charge on any atom is -0.496 e. The molecule has 1 saturated carbocycles. The first-order valence-corrected chi connectivity index (χ1v) is 7.48. The molecule has 0 aliphatic heterocycles. The zero-order chi connectivity index (χ0) is 14.0. The molecule has 19 heavy (non-hydrogen) atoms. The van der Waals surface area contributed by atoms with Crippen LogP contribution in [0.25, 0.3) is 0 Å². The van der Waals surface area contributed by atoms with Crippen molar-refractivity contribution in [3.63, 3.8) is 0 Å². The molecule has 2 N–H and O–H groups in total. The van der Waals surface area contributed by atoms with Crippen molar-refractivity contribution in [1.82, 2.24) is 0 Å². The molecule has 2 atom stereocenters. The summed E-state index contributed by atoms with van der Waals surface area (Å²) >= 11 is 0. The van der Waals surface area contributed by atoms with E-state index in [9.17, 15) is 0 Å². The lowest BCUT2D eigenvalue weighted by atomic mass is 9.68. The normalized spacial score (nSPS) is 27.3. The van der Waals surface area contributed by atoms with Crippen molar-refractivity contribution < 1.29 is 4.74 Å². The fourth-order valence-electron chi connectivity index (χ4n) is 3.61. The Balaban J connectivity index is 2.52. The Hall–Kier alpha value is -1.02. The zero-order valence-corrected chi connectivity index (χ0v) is 12.8. The van der Waals surface area contributed by atoms with Crippen LogP contribution in [0, 0.1) is 19.8 Å². The van der Waals surface area contributed by atoms with Crippen LogP contribution in [-0.4, -0.2) is 7.11 Å². The SMILES string of the molecule is CCC1CCCCC1(N)c1ccc(C)c(C)c1OC. The first-order chi connectivity index (χ1) is 9.04. The molecule has 2 nitrogen and oxygen atoms in total. The number of hydrogen-bond acceptors (Lipinski definition) is 2. The number of rotatable bonds is 3. The molecule has 106 valence electrons. The third kappa shape index (κ3) is 2.38. The molecule has 0 heterocycles. The Bertz CT molecular complexity index is 455. The van der Waals surface area contributed by atoms with Crippen molar-refractivity contribution in [2.24, 2.45) is 11.7 Å². The standard InChI is InChI=1S/C17H27NO/c1-5-14-8-6-7-11-17(14,18)15-10-9-12(2)13(3)16(15)19-4/h9-10,14H,5-8,11,18H2,1-4H3. The summed E-state index contributed by atoms with van der Waals surface area (Å²) in [7, 11) is 1.76. The minimum absolute atomic E-state index is 0.212. The summed E-state index contributed by atoms with van der Waals surface area (Å²) in [6.45, 7) is 6.51. The molecule has 0 radical (unpaired) electrons. The zero-order valence-electron chi connectivity index (χ0n) is 12.8. The third-order valence-electron chi connectivity index (χ3n) is 5.00. The molecule has 2 rings (SSSR count). The van der Waals surface area contributed by atoms with E-state index in [-0.39, 0.29) is 5.54 Å². The largest absolute Gasteiger partial charge is 0.496 e. The second-order valence-corrected chi connectivity index (χ2v) is 5.98. The van der Waals surface area contributed by atoms with Gasteiger partial charge in [-0.3, -0.25) is 0 Å². The molecule has 0 bridgehead atoms. The number of nitrogens with two attached hydrogens (primary N) is 1. The van der Waals surface area contributed by atoms with Gasteiger partial charge in [0.2, 0.25) is 0 Å². The van der Waals surface area contributed by atoms with Gasteiger partial charge in [-0.2, -0.15) is 0 Å².